The predicted molar refractivity (Wildman–Crippen MR) is 36.1 cm³/mol. The summed E-state index contributed by atoms with van der Waals surface area (Å²) in [5.41, 5.74) is 0.0417. The molecule has 72 valence electrons. The van der Waals surface area contributed by atoms with Crippen LogP contribution in [0.1, 0.15) is 13.8 Å². The van der Waals surface area contributed by atoms with Gasteiger partial charge in [-0.25, -0.2) is 18.0 Å². The fraction of sp³-hybridized carbons (Fsp3) is 0.500. The first-order valence-electron chi connectivity index (χ1n) is 2.82. The zero-order chi connectivity index (χ0) is 10.3. The highest BCUT2D eigenvalue weighted by molar-refractivity contribution is 5.53. The molecule has 0 aliphatic heterocycles. The third-order valence-corrected chi connectivity index (χ3v) is 0.669. The fourth-order valence-corrected chi connectivity index (χ4v) is 0.218. The molecule has 0 rings (SSSR count). The van der Waals surface area contributed by atoms with E-state index in [4.69, 9.17) is 15.0 Å². The number of hydrogen-bond acceptors (Lipinski definition) is 1. The normalized spacial score (nSPS) is 8.50. The average Bonchev–Trinajstić information content (AvgIpc) is 1.84. The molecule has 0 radical (unpaired) electrons. The van der Waals surface area contributed by atoms with Crippen molar-refractivity contribution in [2.75, 3.05) is 0 Å². The second-order valence-electron chi connectivity index (χ2n) is 1.93. The van der Waals surface area contributed by atoms with Crippen LogP contribution in [0.3, 0.4) is 0 Å². The van der Waals surface area contributed by atoms with Crippen molar-refractivity contribution in [2.24, 2.45) is 0 Å². The zero-order valence-corrected chi connectivity index (χ0v) is 6.51. The van der Waals surface area contributed by atoms with Gasteiger partial charge in [0.15, 0.2) is 5.83 Å². The van der Waals surface area contributed by atoms with Crippen LogP contribution in [-0.4, -0.2) is 22.8 Å². The lowest BCUT2D eigenvalue weighted by molar-refractivity contribution is 0.137. The minimum atomic E-state index is -2.94. The van der Waals surface area contributed by atoms with E-state index in [0.29, 0.717) is 0 Å². The van der Waals surface area contributed by atoms with E-state index in [-0.39, 0.29) is 5.57 Å². The van der Waals surface area contributed by atoms with Crippen molar-refractivity contribution >= 4 is 6.16 Å². The molecule has 0 unspecified atom stereocenters. The Labute approximate surface area is 67.1 Å². The molecule has 0 saturated carbocycles. The Morgan fingerprint density at radius 2 is 1.50 bits per heavy atom. The summed E-state index contributed by atoms with van der Waals surface area (Å²) in [6, 6.07) is 0. The number of alkyl halides is 2. The quantitative estimate of drug-likeness (QED) is 0.661. The summed E-state index contributed by atoms with van der Waals surface area (Å²) in [7, 11) is 0. The second kappa shape index (κ2) is 6.51. The van der Waals surface area contributed by atoms with Crippen LogP contribution in [-0.2, 0) is 0 Å². The largest absolute Gasteiger partial charge is 0.503 e. The molecule has 0 heterocycles. The molecule has 3 nitrogen and oxygen atoms in total. The summed E-state index contributed by atoms with van der Waals surface area (Å²) in [4.78, 5) is 8.56. The molecule has 0 aliphatic rings. The van der Waals surface area contributed by atoms with Gasteiger partial charge in [-0.15, -0.1) is 0 Å². The van der Waals surface area contributed by atoms with Gasteiger partial charge in [-0.1, -0.05) is 0 Å². The summed E-state index contributed by atoms with van der Waals surface area (Å²) < 4.78 is 34.3. The lowest BCUT2D eigenvalue weighted by Crippen LogP contribution is -1.91. The molecule has 0 aromatic rings. The third-order valence-electron chi connectivity index (χ3n) is 0.669. The Morgan fingerprint density at radius 1 is 1.25 bits per heavy atom. The van der Waals surface area contributed by atoms with E-state index in [1.807, 2.05) is 0 Å². The molecule has 0 aromatic heterocycles. The van der Waals surface area contributed by atoms with Crippen LogP contribution in [0.4, 0.5) is 18.0 Å². The van der Waals surface area contributed by atoms with Crippen LogP contribution in [0.2, 0.25) is 0 Å². The SMILES string of the molecule is CC(C)=C(F)C(F)F.O=C(O)O. The minimum absolute atomic E-state index is 0.0417. The lowest BCUT2D eigenvalue weighted by Gasteiger charge is -1.94. The first-order chi connectivity index (χ1) is 5.29. The van der Waals surface area contributed by atoms with Crippen LogP contribution in [0.25, 0.3) is 0 Å². The lowest BCUT2D eigenvalue weighted by atomic mass is 10.3. The van der Waals surface area contributed by atoms with Crippen molar-refractivity contribution < 1.29 is 28.2 Å². The van der Waals surface area contributed by atoms with Crippen molar-refractivity contribution in [1.29, 1.82) is 0 Å². The third kappa shape index (κ3) is 11.6. The van der Waals surface area contributed by atoms with Crippen molar-refractivity contribution in [1.82, 2.24) is 0 Å². The van der Waals surface area contributed by atoms with Crippen LogP contribution >= 0.6 is 0 Å². The number of carboxylic acid groups (broad SMARTS) is 2. The highest BCUT2D eigenvalue weighted by atomic mass is 19.3. The number of carbonyl (C=O) groups is 1. The van der Waals surface area contributed by atoms with Gasteiger partial charge in [0, 0.05) is 0 Å². The summed E-state index contributed by atoms with van der Waals surface area (Å²) in [6.45, 7) is 2.61. The van der Waals surface area contributed by atoms with Gasteiger partial charge in [-0.2, -0.15) is 0 Å². The van der Waals surface area contributed by atoms with Crippen LogP contribution in [0.15, 0.2) is 11.4 Å². The van der Waals surface area contributed by atoms with E-state index >= 15 is 0 Å². The molecule has 6 heteroatoms. The van der Waals surface area contributed by atoms with E-state index in [1.165, 1.54) is 13.8 Å². The number of hydrogen-bond donors (Lipinski definition) is 2. The molecule has 0 fully saturated rings. The topological polar surface area (TPSA) is 57.5 Å². The average molecular weight is 186 g/mol. The fourth-order valence-electron chi connectivity index (χ4n) is 0.218. The van der Waals surface area contributed by atoms with Crippen LogP contribution in [0.5, 0.6) is 0 Å². The number of halogens is 3. The molecule has 0 saturated heterocycles. The van der Waals surface area contributed by atoms with Crippen molar-refractivity contribution in [3.63, 3.8) is 0 Å². The molecule has 12 heavy (non-hydrogen) atoms. The van der Waals surface area contributed by atoms with Gasteiger partial charge in [0.05, 0.1) is 0 Å². The van der Waals surface area contributed by atoms with Crippen LogP contribution < -0.4 is 0 Å². The minimum Gasteiger partial charge on any atom is -0.450 e. The molecular weight excluding hydrogens is 177 g/mol. The number of rotatable bonds is 1. The summed E-state index contributed by atoms with van der Waals surface area (Å²) in [5, 5.41) is 13.9. The van der Waals surface area contributed by atoms with E-state index in [0.717, 1.165) is 0 Å². The maximum atomic E-state index is 11.8. The standard InChI is InChI=1S/C5H7F3.CH2O3/c1-3(2)4(6)5(7)8;2-1(3)4/h5H,1-2H3;(H2,2,3,4). The molecule has 0 aromatic carbocycles. The molecule has 0 aliphatic carbocycles. The molecule has 0 spiro atoms. The van der Waals surface area contributed by atoms with E-state index in [1.54, 1.807) is 0 Å². The maximum Gasteiger partial charge on any atom is 0.503 e. The highest BCUT2D eigenvalue weighted by Gasteiger charge is 2.10. The van der Waals surface area contributed by atoms with Crippen molar-refractivity contribution in [2.45, 2.75) is 20.3 Å². The monoisotopic (exact) mass is 186 g/mol. The van der Waals surface area contributed by atoms with Gasteiger partial charge in [-0.05, 0) is 19.4 Å². The Kier molecular flexibility index (Phi) is 7.26. The summed E-state index contributed by atoms with van der Waals surface area (Å²) in [5.74, 6) is -1.31. The first-order valence-corrected chi connectivity index (χ1v) is 2.82. The van der Waals surface area contributed by atoms with Gasteiger partial charge in [-0.3, -0.25) is 0 Å². The van der Waals surface area contributed by atoms with Gasteiger partial charge in [0.1, 0.15) is 0 Å². The molecular formula is C6H9F3O3. The van der Waals surface area contributed by atoms with Gasteiger partial charge < -0.3 is 10.2 Å². The predicted octanol–water partition coefficient (Wildman–Crippen LogP) is 2.74. The smallest absolute Gasteiger partial charge is 0.450 e. The Bertz CT molecular complexity index is 169. The van der Waals surface area contributed by atoms with Crippen molar-refractivity contribution in [3.05, 3.63) is 11.4 Å². The van der Waals surface area contributed by atoms with Gasteiger partial charge >= 0.3 is 6.16 Å². The second-order valence-corrected chi connectivity index (χ2v) is 1.93. The van der Waals surface area contributed by atoms with Gasteiger partial charge in [0.25, 0.3) is 6.43 Å². The summed E-state index contributed by atoms with van der Waals surface area (Å²) >= 11 is 0. The summed E-state index contributed by atoms with van der Waals surface area (Å²) in [6.07, 6.45) is -4.78. The van der Waals surface area contributed by atoms with E-state index < -0.39 is 18.4 Å². The zero-order valence-electron chi connectivity index (χ0n) is 6.51. The molecule has 0 amide bonds. The molecule has 0 atom stereocenters. The molecule has 0 bridgehead atoms. The maximum absolute atomic E-state index is 11.8. The Balaban J connectivity index is 0. The molecule has 2 N–H and O–H groups in total. The van der Waals surface area contributed by atoms with E-state index in [9.17, 15) is 13.2 Å². The van der Waals surface area contributed by atoms with Crippen LogP contribution in [0, 0.1) is 0 Å². The van der Waals surface area contributed by atoms with Gasteiger partial charge in [0.2, 0.25) is 0 Å². The van der Waals surface area contributed by atoms with Crippen molar-refractivity contribution in [3.8, 4) is 0 Å². The Hall–Kier alpha value is -1.20. The van der Waals surface area contributed by atoms with E-state index in [2.05, 4.69) is 0 Å². The highest BCUT2D eigenvalue weighted by Crippen LogP contribution is 2.13. The Morgan fingerprint density at radius 3 is 1.50 bits per heavy atom. The number of allylic oxidation sites excluding steroid dienone is 2. The first kappa shape index (κ1) is 13.4.